The maximum Gasteiger partial charge on any atom is 0.202 e. The minimum Gasteiger partial charge on any atom is -0.507 e. The highest BCUT2D eigenvalue weighted by atomic mass is 79.9. The molecule has 1 aliphatic carbocycles. The summed E-state index contributed by atoms with van der Waals surface area (Å²) in [5.41, 5.74) is 11.1. The van der Waals surface area contributed by atoms with Crippen molar-refractivity contribution in [3.8, 4) is 17.2 Å². The van der Waals surface area contributed by atoms with Crippen LogP contribution in [0.3, 0.4) is 0 Å². The van der Waals surface area contributed by atoms with E-state index in [9.17, 15) is 19.8 Å². The fourth-order valence-corrected chi connectivity index (χ4v) is 3.35. The molecule has 0 aliphatic heterocycles. The molecule has 0 aromatic heterocycles. The standard InChI is InChI=1S/C18H17BrN2O5/c1-2-3-4-26-10-6-9(23)12-14(16(10)21)18(25)13-11(17(12)24)8(22)5-7(19)15(13)20/h5-6,22-23H,2-4,20-21H2,1H3. The Balaban J connectivity index is 2.25. The highest BCUT2D eigenvalue weighted by Gasteiger charge is 2.39. The Labute approximate surface area is 157 Å². The van der Waals surface area contributed by atoms with Gasteiger partial charge in [-0.05, 0) is 28.4 Å². The molecule has 0 amide bonds. The van der Waals surface area contributed by atoms with Crippen LogP contribution in [0.15, 0.2) is 16.6 Å². The van der Waals surface area contributed by atoms with Crippen LogP contribution in [0, 0.1) is 0 Å². The molecule has 26 heavy (non-hydrogen) atoms. The van der Waals surface area contributed by atoms with Gasteiger partial charge in [0.25, 0.3) is 0 Å². The number of nitrogen functional groups attached to an aromatic ring is 2. The van der Waals surface area contributed by atoms with Crippen molar-refractivity contribution < 1.29 is 24.5 Å². The number of halogens is 1. The lowest BCUT2D eigenvalue weighted by Crippen LogP contribution is -2.24. The average Bonchev–Trinajstić information content (AvgIpc) is 2.58. The number of rotatable bonds is 4. The number of carbonyl (C=O) groups is 2. The van der Waals surface area contributed by atoms with Crippen molar-refractivity contribution in [1.29, 1.82) is 0 Å². The van der Waals surface area contributed by atoms with Crippen molar-refractivity contribution in [3.63, 3.8) is 0 Å². The summed E-state index contributed by atoms with van der Waals surface area (Å²) in [6, 6.07) is 2.44. The summed E-state index contributed by atoms with van der Waals surface area (Å²) in [5, 5.41) is 20.5. The molecule has 6 N–H and O–H groups in total. The van der Waals surface area contributed by atoms with Gasteiger partial charge < -0.3 is 26.4 Å². The molecule has 0 heterocycles. The van der Waals surface area contributed by atoms with Gasteiger partial charge in [0, 0.05) is 10.5 Å². The van der Waals surface area contributed by atoms with Crippen LogP contribution in [0.1, 0.15) is 51.6 Å². The molecular formula is C18H17BrN2O5. The molecule has 1 aliphatic rings. The fraction of sp³-hybridized carbons (Fsp3) is 0.222. The van der Waals surface area contributed by atoms with Crippen LogP contribution in [0.4, 0.5) is 11.4 Å². The Morgan fingerprint density at radius 2 is 1.50 bits per heavy atom. The first kappa shape index (κ1) is 18.1. The van der Waals surface area contributed by atoms with E-state index in [1.807, 2.05) is 6.92 Å². The van der Waals surface area contributed by atoms with E-state index in [0.717, 1.165) is 12.8 Å². The Bertz CT molecular complexity index is 956. The highest BCUT2D eigenvalue weighted by molar-refractivity contribution is 9.10. The van der Waals surface area contributed by atoms with Gasteiger partial charge in [-0.3, -0.25) is 9.59 Å². The van der Waals surface area contributed by atoms with Crippen molar-refractivity contribution in [3.05, 3.63) is 38.9 Å². The normalized spacial score (nSPS) is 12.7. The largest absolute Gasteiger partial charge is 0.507 e. The Kier molecular flexibility index (Phi) is 4.53. The highest BCUT2D eigenvalue weighted by Crippen LogP contribution is 2.46. The number of unbranched alkanes of at least 4 members (excludes halogenated alkanes) is 1. The van der Waals surface area contributed by atoms with Crippen LogP contribution in [0.2, 0.25) is 0 Å². The molecule has 0 spiro atoms. The fourth-order valence-electron chi connectivity index (χ4n) is 2.94. The van der Waals surface area contributed by atoms with E-state index in [-0.39, 0.29) is 43.9 Å². The van der Waals surface area contributed by atoms with Crippen LogP contribution in [0.5, 0.6) is 17.2 Å². The van der Waals surface area contributed by atoms with Gasteiger partial charge in [0.05, 0.1) is 40.2 Å². The molecule has 0 saturated heterocycles. The molecule has 0 fully saturated rings. The SMILES string of the molecule is CCCCOc1cc(O)c2c(c1N)C(=O)c1c(N)c(Br)cc(O)c1C2=O. The van der Waals surface area contributed by atoms with E-state index in [4.69, 9.17) is 16.2 Å². The second kappa shape index (κ2) is 6.53. The first-order valence-corrected chi connectivity index (χ1v) is 8.77. The van der Waals surface area contributed by atoms with Crippen LogP contribution >= 0.6 is 15.9 Å². The summed E-state index contributed by atoms with van der Waals surface area (Å²) < 4.78 is 5.81. The number of hydrogen-bond acceptors (Lipinski definition) is 7. The minimum absolute atomic E-state index is 0.0120. The van der Waals surface area contributed by atoms with Crippen LogP contribution in [0.25, 0.3) is 0 Å². The van der Waals surface area contributed by atoms with Gasteiger partial charge in [-0.15, -0.1) is 0 Å². The summed E-state index contributed by atoms with van der Waals surface area (Å²) in [5.74, 6) is -2.11. The third-order valence-corrected chi connectivity index (χ3v) is 4.92. The summed E-state index contributed by atoms with van der Waals surface area (Å²) in [4.78, 5) is 25.9. The zero-order valence-corrected chi connectivity index (χ0v) is 15.5. The third-order valence-electron chi connectivity index (χ3n) is 4.27. The van der Waals surface area contributed by atoms with E-state index in [2.05, 4.69) is 15.9 Å². The molecule has 0 unspecified atom stereocenters. The van der Waals surface area contributed by atoms with Crippen LogP contribution < -0.4 is 16.2 Å². The third kappa shape index (κ3) is 2.57. The maximum absolute atomic E-state index is 13.0. The topological polar surface area (TPSA) is 136 Å². The van der Waals surface area contributed by atoms with Crippen LogP contribution in [-0.2, 0) is 0 Å². The molecule has 0 bridgehead atoms. The number of anilines is 2. The molecule has 0 saturated carbocycles. The second-order valence-electron chi connectivity index (χ2n) is 5.96. The molecule has 2 aromatic carbocycles. The number of aromatic hydroxyl groups is 2. The lowest BCUT2D eigenvalue weighted by atomic mass is 9.81. The van der Waals surface area contributed by atoms with Crippen molar-refractivity contribution >= 4 is 38.9 Å². The number of fused-ring (bicyclic) bond motifs is 2. The predicted octanol–water partition coefficient (Wildman–Crippen LogP) is 2.98. The van der Waals surface area contributed by atoms with Crippen molar-refractivity contribution in [2.45, 2.75) is 19.8 Å². The summed E-state index contributed by atoms with van der Waals surface area (Å²) >= 11 is 3.15. The first-order chi connectivity index (χ1) is 12.3. The zero-order chi connectivity index (χ0) is 19.2. The average molecular weight is 421 g/mol. The summed E-state index contributed by atoms with van der Waals surface area (Å²) in [6.07, 6.45) is 1.66. The predicted molar refractivity (Wildman–Crippen MR) is 100 cm³/mol. The summed E-state index contributed by atoms with van der Waals surface area (Å²) in [7, 11) is 0. The zero-order valence-electron chi connectivity index (χ0n) is 13.9. The number of ether oxygens (including phenoxy) is 1. The molecule has 0 atom stereocenters. The number of phenols is 2. The Morgan fingerprint density at radius 3 is 2.12 bits per heavy atom. The number of ketones is 2. The monoisotopic (exact) mass is 420 g/mol. The lowest BCUT2D eigenvalue weighted by Gasteiger charge is -2.23. The van der Waals surface area contributed by atoms with Gasteiger partial charge in [-0.1, -0.05) is 13.3 Å². The second-order valence-corrected chi connectivity index (χ2v) is 6.81. The minimum atomic E-state index is -0.726. The van der Waals surface area contributed by atoms with E-state index >= 15 is 0 Å². The van der Waals surface area contributed by atoms with Crippen molar-refractivity contribution in [2.75, 3.05) is 18.1 Å². The molecule has 3 rings (SSSR count). The number of benzene rings is 2. The lowest BCUT2D eigenvalue weighted by molar-refractivity contribution is 0.0975. The van der Waals surface area contributed by atoms with Gasteiger partial charge in [0.15, 0.2) is 5.78 Å². The molecule has 8 heteroatoms. The summed E-state index contributed by atoms with van der Waals surface area (Å²) in [6.45, 7) is 2.34. The number of phenolic OH excluding ortho intramolecular Hbond substituents is 2. The maximum atomic E-state index is 13.0. The van der Waals surface area contributed by atoms with Gasteiger partial charge >= 0.3 is 0 Å². The van der Waals surface area contributed by atoms with Crippen molar-refractivity contribution in [1.82, 2.24) is 0 Å². The first-order valence-electron chi connectivity index (χ1n) is 7.98. The Hall–Kier alpha value is -2.74. The number of hydrogen-bond donors (Lipinski definition) is 4. The quantitative estimate of drug-likeness (QED) is 0.289. The smallest absolute Gasteiger partial charge is 0.202 e. The van der Waals surface area contributed by atoms with E-state index < -0.39 is 23.1 Å². The van der Waals surface area contributed by atoms with Crippen LogP contribution in [-0.4, -0.2) is 28.4 Å². The molecular weight excluding hydrogens is 404 g/mol. The number of carbonyl (C=O) groups excluding carboxylic acids is 2. The van der Waals surface area contributed by atoms with E-state index in [1.165, 1.54) is 12.1 Å². The number of nitrogens with two attached hydrogens (primary N) is 2. The van der Waals surface area contributed by atoms with Gasteiger partial charge in [0.2, 0.25) is 5.78 Å². The van der Waals surface area contributed by atoms with Gasteiger partial charge in [0.1, 0.15) is 17.2 Å². The molecule has 136 valence electrons. The van der Waals surface area contributed by atoms with E-state index in [1.54, 1.807) is 0 Å². The molecule has 7 nitrogen and oxygen atoms in total. The molecule has 0 radical (unpaired) electrons. The van der Waals surface area contributed by atoms with E-state index in [0.29, 0.717) is 6.61 Å². The van der Waals surface area contributed by atoms with Crippen molar-refractivity contribution in [2.24, 2.45) is 0 Å². The van der Waals surface area contributed by atoms with Gasteiger partial charge in [-0.2, -0.15) is 0 Å². The Morgan fingerprint density at radius 1 is 0.962 bits per heavy atom. The van der Waals surface area contributed by atoms with Gasteiger partial charge in [-0.25, -0.2) is 0 Å². The molecule has 2 aromatic rings.